The number of H-pyrrole nitrogens is 1. The topological polar surface area (TPSA) is 55.7 Å². The van der Waals surface area contributed by atoms with Crippen molar-refractivity contribution in [2.24, 2.45) is 5.92 Å². The van der Waals surface area contributed by atoms with Gasteiger partial charge in [-0.2, -0.15) is 5.10 Å². The number of aromatic amines is 1. The maximum atomic E-state index is 5.61. The van der Waals surface area contributed by atoms with Crippen LogP contribution in [0.3, 0.4) is 0 Å². The molecule has 0 aromatic carbocycles. The summed E-state index contributed by atoms with van der Waals surface area (Å²) in [6, 6.07) is 5.78. The van der Waals surface area contributed by atoms with E-state index in [0.717, 1.165) is 31.1 Å². The van der Waals surface area contributed by atoms with Crippen LogP contribution in [-0.4, -0.2) is 32.5 Å². The molecule has 1 aliphatic heterocycles. The predicted molar refractivity (Wildman–Crippen MR) is 74.2 cm³/mol. The van der Waals surface area contributed by atoms with Crippen molar-refractivity contribution in [3.63, 3.8) is 0 Å². The number of ether oxygens (including phenoxy) is 1. The quantitative estimate of drug-likeness (QED) is 0.875. The number of nitrogens with one attached hydrogen (secondary N) is 1. The highest BCUT2D eigenvalue weighted by atomic mass is 32.1. The molecule has 0 radical (unpaired) electrons. The maximum Gasteiger partial charge on any atom is 0.195 e. The molecule has 3 rings (SSSR count). The Bertz CT molecular complexity index is 607. The molecule has 3 heterocycles. The monoisotopic (exact) mass is 276 g/mol. The van der Waals surface area contributed by atoms with Gasteiger partial charge in [-0.1, -0.05) is 6.07 Å². The van der Waals surface area contributed by atoms with E-state index >= 15 is 0 Å². The Hall–Kier alpha value is -1.53. The molecular formula is C13H16N4OS. The van der Waals surface area contributed by atoms with Gasteiger partial charge in [0.1, 0.15) is 5.69 Å². The van der Waals surface area contributed by atoms with E-state index in [4.69, 9.17) is 17.0 Å². The van der Waals surface area contributed by atoms with Crippen molar-refractivity contribution >= 4 is 12.2 Å². The highest BCUT2D eigenvalue weighted by molar-refractivity contribution is 7.71. The normalized spacial score (nSPS) is 22.8. The number of aromatic nitrogens is 4. The number of pyridine rings is 1. The summed E-state index contributed by atoms with van der Waals surface area (Å²) < 4.78 is 8.27. The molecule has 0 saturated carbocycles. The third-order valence-corrected chi connectivity index (χ3v) is 3.91. The first-order chi connectivity index (χ1) is 9.25. The standard InChI is InChI=1S/C13H16N4OS/c1-9-10(5-7-18-9)8-17-12(15-16-13(17)19)11-4-2-3-6-14-11/h2-4,6,9-10H,5,7-8H2,1H3,(H,16,19). The minimum Gasteiger partial charge on any atom is -0.378 e. The van der Waals surface area contributed by atoms with Gasteiger partial charge in [-0.25, -0.2) is 0 Å². The van der Waals surface area contributed by atoms with E-state index < -0.39 is 0 Å². The van der Waals surface area contributed by atoms with Crippen LogP contribution in [0, 0.1) is 10.7 Å². The smallest absolute Gasteiger partial charge is 0.195 e. The molecule has 2 aromatic heterocycles. The zero-order chi connectivity index (χ0) is 13.2. The van der Waals surface area contributed by atoms with Gasteiger partial charge in [0.15, 0.2) is 10.6 Å². The van der Waals surface area contributed by atoms with Gasteiger partial charge < -0.3 is 4.74 Å². The first-order valence-electron chi connectivity index (χ1n) is 6.44. The predicted octanol–water partition coefficient (Wildman–Crippen LogP) is 2.43. The van der Waals surface area contributed by atoms with Crippen molar-refractivity contribution < 1.29 is 4.74 Å². The molecule has 0 spiro atoms. The van der Waals surface area contributed by atoms with E-state index in [1.165, 1.54) is 0 Å². The molecular weight excluding hydrogens is 260 g/mol. The second-order valence-electron chi connectivity index (χ2n) is 4.80. The summed E-state index contributed by atoms with van der Waals surface area (Å²) in [5, 5.41) is 7.16. The van der Waals surface area contributed by atoms with Gasteiger partial charge in [0, 0.05) is 25.3 Å². The highest BCUT2D eigenvalue weighted by Crippen LogP contribution is 2.24. The van der Waals surface area contributed by atoms with Crippen LogP contribution in [0.2, 0.25) is 0 Å². The van der Waals surface area contributed by atoms with Gasteiger partial charge in [-0.15, -0.1) is 0 Å². The van der Waals surface area contributed by atoms with Crippen LogP contribution in [0.1, 0.15) is 13.3 Å². The lowest BCUT2D eigenvalue weighted by atomic mass is 10.0. The van der Waals surface area contributed by atoms with Crippen molar-refractivity contribution in [3.05, 3.63) is 29.2 Å². The second-order valence-corrected chi connectivity index (χ2v) is 5.19. The maximum absolute atomic E-state index is 5.61. The Balaban J connectivity index is 1.93. The highest BCUT2D eigenvalue weighted by Gasteiger charge is 2.26. The first-order valence-corrected chi connectivity index (χ1v) is 6.85. The van der Waals surface area contributed by atoms with Crippen LogP contribution in [0.4, 0.5) is 0 Å². The van der Waals surface area contributed by atoms with Gasteiger partial charge in [0.2, 0.25) is 0 Å². The summed E-state index contributed by atoms with van der Waals surface area (Å²) in [5.41, 5.74) is 0.835. The lowest BCUT2D eigenvalue weighted by molar-refractivity contribution is 0.102. The average molecular weight is 276 g/mol. The van der Waals surface area contributed by atoms with E-state index in [0.29, 0.717) is 10.7 Å². The summed E-state index contributed by atoms with van der Waals surface area (Å²) in [6.45, 7) is 3.76. The average Bonchev–Trinajstić information content (AvgIpc) is 2.99. The van der Waals surface area contributed by atoms with Crippen molar-refractivity contribution in [1.82, 2.24) is 19.7 Å². The minimum absolute atomic E-state index is 0.272. The zero-order valence-corrected chi connectivity index (χ0v) is 11.6. The lowest BCUT2D eigenvalue weighted by Gasteiger charge is -2.15. The molecule has 0 bridgehead atoms. The number of hydrogen-bond donors (Lipinski definition) is 1. The molecule has 6 heteroatoms. The van der Waals surface area contributed by atoms with Crippen LogP contribution < -0.4 is 0 Å². The molecule has 1 saturated heterocycles. The number of rotatable bonds is 3. The van der Waals surface area contributed by atoms with Crippen molar-refractivity contribution in [2.75, 3.05) is 6.61 Å². The van der Waals surface area contributed by atoms with Gasteiger partial charge in [0.25, 0.3) is 0 Å². The number of nitrogens with zero attached hydrogens (tertiary/aromatic N) is 3. The van der Waals surface area contributed by atoms with Crippen molar-refractivity contribution in [1.29, 1.82) is 0 Å². The fourth-order valence-corrected chi connectivity index (χ4v) is 2.63. The van der Waals surface area contributed by atoms with Gasteiger partial charge >= 0.3 is 0 Å². The van der Waals surface area contributed by atoms with E-state index in [-0.39, 0.29) is 6.10 Å². The minimum atomic E-state index is 0.272. The lowest BCUT2D eigenvalue weighted by Crippen LogP contribution is -2.18. The molecule has 0 aliphatic carbocycles. The summed E-state index contributed by atoms with van der Waals surface area (Å²) in [5.74, 6) is 1.27. The van der Waals surface area contributed by atoms with Crippen LogP contribution >= 0.6 is 12.2 Å². The SMILES string of the molecule is CC1OCCC1Cn1c(-c2ccccn2)n[nH]c1=S. The molecule has 2 atom stereocenters. The molecule has 1 aliphatic rings. The second kappa shape index (κ2) is 5.22. The molecule has 0 amide bonds. The van der Waals surface area contributed by atoms with E-state index in [2.05, 4.69) is 22.1 Å². The first kappa shape index (κ1) is 12.5. The zero-order valence-electron chi connectivity index (χ0n) is 10.7. The van der Waals surface area contributed by atoms with Crippen LogP contribution in [0.25, 0.3) is 11.5 Å². The summed E-state index contributed by atoms with van der Waals surface area (Å²) in [6.07, 6.45) is 3.10. The fraction of sp³-hybridized carbons (Fsp3) is 0.462. The van der Waals surface area contributed by atoms with E-state index in [1.807, 2.05) is 22.8 Å². The van der Waals surface area contributed by atoms with Crippen molar-refractivity contribution in [3.8, 4) is 11.5 Å². The van der Waals surface area contributed by atoms with E-state index in [1.54, 1.807) is 6.20 Å². The van der Waals surface area contributed by atoms with Gasteiger partial charge in [0.05, 0.1) is 6.10 Å². The summed E-state index contributed by atoms with van der Waals surface area (Å²) in [7, 11) is 0. The van der Waals surface area contributed by atoms with Crippen LogP contribution in [0.15, 0.2) is 24.4 Å². The Morgan fingerprint density at radius 3 is 3.11 bits per heavy atom. The molecule has 1 fully saturated rings. The summed E-state index contributed by atoms with van der Waals surface area (Å²) >= 11 is 5.32. The third kappa shape index (κ3) is 2.46. The Labute approximate surface area is 116 Å². The van der Waals surface area contributed by atoms with Crippen LogP contribution in [0.5, 0.6) is 0 Å². The van der Waals surface area contributed by atoms with Gasteiger partial charge in [-0.3, -0.25) is 14.6 Å². The molecule has 19 heavy (non-hydrogen) atoms. The Morgan fingerprint density at radius 1 is 1.53 bits per heavy atom. The van der Waals surface area contributed by atoms with Crippen molar-refractivity contribution in [2.45, 2.75) is 26.0 Å². The molecule has 2 unspecified atom stereocenters. The van der Waals surface area contributed by atoms with E-state index in [9.17, 15) is 0 Å². The largest absolute Gasteiger partial charge is 0.378 e. The van der Waals surface area contributed by atoms with Crippen LogP contribution in [-0.2, 0) is 11.3 Å². The molecule has 5 nitrogen and oxygen atoms in total. The fourth-order valence-electron chi connectivity index (χ4n) is 2.43. The van der Waals surface area contributed by atoms with Gasteiger partial charge in [-0.05, 0) is 37.7 Å². The Kier molecular flexibility index (Phi) is 3.44. The Morgan fingerprint density at radius 2 is 2.42 bits per heavy atom. The number of hydrogen-bond acceptors (Lipinski definition) is 4. The third-order valence-electron chi connectivity index (χ3n) is 3.60. The molecule has 2 aromatic rings. The summed E-state index contributed by atoms with van der Waals surface area (Å²) in [4.78, 5) is 4.34. The molecule has 100 valence electrons. The molecule has 1 N–H and O–H groups in total.